The van der Waals surface area contributed by atoms with Crippen molar-refractivity contribution in [3.8, 4) is 0 Å². The van der Waals surface area contributed by atoms with Crippen LogP contribution >= 0.6 is 0 Å². The molecule has 0 aromatic carbocycles. The van der Waals surface area contributed by atoms with Crippen LogP contribution in [0, 0.1) is 5.92 Å². The lowest BCUT2D eigenvalue weighted by Gasteiger charge is -2.30. The lowest BCUT2D eigenvalue weighted by molar-refractivity contribution is -0.722. The Morgan fingerprint density at radius 2 is 2.11 bits per heavy atom. The lowest BCUT2D eigenvalue weighted by atomic mass is 10.1. The minimum Gasteiger partial charge on any atom is -0.290 e. The standard InChI is InChI=1S/C14H22N3O/c1-10(2)14(18)17-9-7-13-12(15-17)6-5-8-16(13)11(3)4/h5-6,8,10-11,15H,7,9H2,1-4H3/q+1. The Balaban J connectivity index is 2.26. The predicted octanol–water partition coefficient (Wildman–Crippen LogP) is 1.92. The summed E-state index contributed by atoms with van der Waals surface area (Å²) in [5.74, 6) is 0.181. The molecule has 4 nitrogen and oxygen atoms in total. The Bertz CT molecular complexity index is 454. The van der Waals surface area contributed by atoms with Crippen molar-refractivity contribution in [3.05, 3.63) is 24.0 Å². The summed E-state index contributed by atoms with van der Waals surface area (Å²) >= 11 is 0. The largest absolute Gasteiger partial charge is 0.290 e. The molecule has 0 radical (unpaired) electrons. The van der Waals surface area contributed by atoms with E-state index in [0.29, 0.717) is 6.04 Å². The SMILES string of the molecule is CC(C)C(=O)N1CCc2c(ccc[n+]2C(C)C)N1. The maximum atomic E-state index is 12.0. The highest BCUT2D eigenvalue weighted by Crippen LogP contribution is 2.20. The van der Waals surface area contributed by atoms with Gasteiger partial charge in [0.2, 0.25) is 11.6 Å². The quantitative estimate of drug-likeness (QED) is 0.812. The van der Waals surface area contributed by atoms with E-state index >= 15 is 0 Å². The number of carbonyl (C=O) groups is 1. The van der Waals surface area contributed by atoms with Crippen LogP contribution in [0.25, 0.3) is 0 Å². The smallest absolute Gasteiger partial charge is 0.243 e. The van der Waals surface area contributed by atoms with Crippen LogP contribution in [0.15, 0.2) is 18.3 Å². The molecule has 1 amide bonds. The molecule has 0 bridgehead atoms. The van der Waals surface area contributed by atoms with Gasteiger partial charge in [0.05, 0.1) is 13.0 Å². The van der Waals surface area contributed by atoms with E-state index in [1.807, 2.05) is 26.0 Å². The van der Waals surface area contributed by atoms with E-state index in [1.165, 1.54) is 5.69 Å². The van der Waals surface area contributed by atoms with Crippen molar-refractivity contribution in [1.29, 1.82) is 0 Å². The summed E-state index contributed by atoms with van der Waals surface area (Å²) in [5, 5.41) is 1.73. The van der Waals surface area contributed by atoms with Gasteiger partial charge >= 0.3 is 0 Å². The first kappa shape index (κ1) is 12.9. The van der Waals surface area contributed by atoms with Crippen LogP contribution in [0.2, 0.25) is 0 Å². The Kier molecular flexibility index (Phi) is 3.55. The second-order valence-corrected chi connectivity index (χ2v) is 5.38. The second kappa shape index (κ2) is 4.96. The molecule has 0 aliphatic carbocycles. The molecule has 1 aromatic heterocycles. The van der Waals surface area contributed by atoms with E-state index in [0.717, 1.165) is 18.7 Å². The van der Waals surface area contributed by atoms with Crippen LogP contribution in [-0.4, -0.2) is 17.5 Å². The molecule has 0 fully saturated rings. The fraction of sp³-hybridized carbons (Fsp3) is 0.571. The second-order valence-electron chi connectivity index (χ2n) is 5.38. The minimum absolute atomic E-state index is 0.0278. The molecule has 1 aromatic rings. The number of anilines is 1. The van der Waals surface area contributed by atoms with Gasteiger partial charge < -0.3 is 0 Å². The van der Waals surface area contributed by atoms with Gasteiger partial charge in [-0.2, -0.15) is 4.57 Å². The number of fused-ring (bicyclic) bond motifs is 1. The van der Waals surface area contributed by atoms with Crippen molar-refractivity contribution in [3.63, 3.8) is 0 Å². The maximum Gasteiger partial charge on any atom is 0.243 e. The van der Waals surface area contributed by atoms with Gasteiger partial charge in [-0.1, -0.05) is 13.8 Å². The Hall–Kier alpha value is -1.58. The van der Waals surface area contributed by atoms with Crippen molar-refractivity contribution in [2.75, 3.05) is 12.0 Å². The summed E-state index contributed by atoms with van der Waals surface area (Å²) < 4.78 is 2.26. The summed E-state index contributed by atoms with van der Waals surface area (Å²) in [6.45, 7) is 8.94. The van der Waals surface area contributed by atoms with Crippen molar-refractivity contribution >= 4 is 11.6 Å². The van der Waals surface area contributed by atoms with Gasteiger partial charge in [0.15, 0.2) is 12.2 Å². The number of hydrazine groups is 1. The van der Waals surface area contributed by atoms with Gasteiger partial charge in [0.1, 0.15) is 5.69 Å². The number of pyridine rings is 1. The molecule has 0 spiro atoms. The highest BCUT2D eigenvalue weighted by Gasteiger charge is 2.28. The van der Waals surface area contributed by atoms with Gasteiger partial charge in [0, 0.05) is 12.0 Å². The van der Waals surface area contributed by atoms with Crippen LogP contribution in [0.4, 0.5) is 5.69 Å². The number of hydrogen-bond donors (Lipinski definition) is 1. The van der Waals surface area contributed by atoms with Crippen molar-refractivity contribution in [2.45, 2.75) is 40.2 Å². The van der Waals surface area contributed by atoms with Crippen LogP contribution < -0.4 is 9.99 Å². The topological polar surface area (TPSA) is 36.2 Å². The highest BCUT2D eigenvalue weighted by molar-refractivity contribution is 5.80. The Morgan fingerprint density at radius 1 is 1.39 bits per heavy atom. The monoisotopic (exact) mass is 248 g/mol. The Morgan fingerprint density at radius 3 is 2.72 bits per heavy atom. The maximum absolute atomic E-state index is 12.0. The first-order chi connectivity index (χ1) is 8.50. The predicted molar refractivity (Wildman–Crippen MR) is 70.9 cm³/mol. The molecule has 2 heterocycles. The molecule has 1 N–H and O–H groups in total. The van der Waals surface area contributed by atoms with E-state index in [-0.39, 0.29) is 11.8 Å². The molecular formula is C14H22N3O+. The van der Waals surface area contributed by atoms with Gasteiger partial charge in [-0.05, 0) is 19.9 Å². The van der Waals surface area contributed by atoms with E-state index in [1.54, 1.807) is 5.01 Å². The molecule has 0 saturated heterocycles. The summed E-state index contributed by atoms with van der Waals surface area (Å²) in [6, 6.07) is 4.50. The third kappa shape index (κ3) is 2.33. The van der Waals surface area contributed by atoms with Crippen molar-refractivity contribution in [1.82, 2.24) is 5.01 Å². The molecule has 0 saturated carbocycles. The molecule has 1 aliphatic heterocycles. The van der Waals surface area contributed by atoms with Gasteiger partial charge in [-0.25, -0.2) is 0 Å². The molecule has 98 valence electrons. The number of rotatable bonds is 2. The number of nitrogens with zero attached hydrogens (tertiary/aromatic N) is 2. The molecule has 2 rings (SSSR count). The number of hydrogen-bond acceptors (Lipinski definition) is 2. The molecule has 0 atom stereocenters. The van der Waals surface area contributed by atoms with Crippen LogP contribution in [0.5, 0.6) is 0 Å². The minimum atomic E-state index is 0.0278. The summed E-state index contributed by atoms with van der Waals surface area (Å²) in [5.41, 5.74) is 5.56. The van der Waals surface area contributed by atoms with Gasteiger partial charge in [0.25, 0.3) is 0 Å². The third-order valence-corrected chi connectivity index (χ3v) is 3.28. The zero-order chi connectivity index (χ0) is 13.3. The number of nitrogens with one attached hydrogen (secondary N) is 1. The van der Waals surface area contributed by atoms with Crippen LogP contribution in [0.1, 0.15) is 39.4 Å². The number of aromatic nitrogens is 1. The first-order valence-electron chi connectivity index (χ1n) is 6.61. The van der Waals surface area contributed by atoms with E-state index < -0.39 is 0 Å². The number of amides is 1. The van der Waals surface area contributed by atoms with E-state index in [2.05, 4.69) is 30.0 Å². The zero-order valence-corrected chi connectivity index (χ0v) is 11.6. The summed E-state index contributed by atoms with van der Waals surface area (Å²) in [4.78, 5) is 12.0. The fourth-order valence-electron chi connectivity index (χ4n) is 2.30. The van der Waals surface area contributed by atoms with E-state index in [4.69, 9.17) is 0 Å². The summed E-state index contributed by atoms with van der Waals surface area (Å²) in [7, 11) is 0. The normalized spacial score (nSPS) is 14.7. The molecule has 18 heavy (non-hydrogen) atoms. The molecule has 1 aliphatic rings. The van der Waals surface area contributed by atoms with Crippen molar-refractivity contribution < 1.29 is 9.36 Å². The molecule has 0 unspecified atom stereocenters. The third-order valence-electron chi connectivity index (χ3n) is 3.28. The van der Waals surface area contributed by atoms with Crippen LogP contribution in [-0.2, 0) is 11.2 Å². The summed E-state index contributed by atoms with van der Waals surface area (Å²) in [6.07, 6.45) is 3.00. The number of carbonyl (C=O) groups excluding carboxylic acids is 1. The Labute approximate surface area is 109 Å². The fourth-order valence-corrected chi connectivity index (χ4v) is 2.30. The van der Waals surface area contributed by atoms with Crippen LogP contribution in [0.3, 0.4) is 0 Å². The van der Waals surface area contributed by atoms with Gasteiger partial charge in [-0.3, -0.25) is 15.2 Å². The average molecular weight is 248 g/mol. The van der Waals surface area contributed by atoms with Crippen molar-refractivity contribution in [2.24, 2.45) is 5.92 Å². The van der Waals surface area contributed by atoms with E-state index in [9.17, 15) is 4.79 Å². The average Bonchev–Trinajstić information content (AvgIpc) is 2.36. The zero-order valence-electron chi connectivity index (χ0n) is 11.6. The lowest BCUT2D eigenvalue weighted by Crippen LogP contribution is -2.49. The highest BCUT2D eigenvalue weighted by atomic mass is 16.2. The first-order valence-corrected chi connectivity index (χ1v) is 6.61. The molecule has 4 heteroatoms. The van der Waals surface area contributed by atoms with Gasteiger partial charge in [-0.15, -0.1) is 0 Å². The molecular weight excluding hydrogens is 226 g/mol.